The Hall–Kier alpha value is -7.46. The monoisotopic (exact) mass is 1730 g/mol. The third-order valence-corrected chi connectivity index (χ3v) is 21.3. The van der Waals surface area contributed by atoms with E-state index in [1.54, 1.807) is 55.4 Å². The maximum absolute atomic E-state index is 13.4. The predicted molar refractivity (Wildman–Crippen MR) is 388 cm³/mol. The smallest absolute Gasteiger partial charge is 0.370 e. The molecule has 5 fully saturated rings. The molecule has 4 N–H and O–H groups in total. The second-order valence-electron chi connectivity index (χ2n) is 30.2. The molecule has 42 heteroatoms. The van der Waals surface area contributed by atoms with Crippen molar-refractivity contribution in [3.05, 3.63) is 109 Å². The van der Waals surface area contributed by atoms with Gasteiger partial charge in [-0.25, -0.2) is 43.3 Å². The average Bonchev–Trinajstić information content (AvgIpc) is 1.54. The zero-order valence-electron chi connectivity index (χ0n) is 65.1. The number of rotatable bonds is 20. The Morgan fingerprint density at radius 2 is 0.739 bits per heavy atom. The predicted octanol–water partition coefficient (Wildman–Crippen LogP) is 8.72. The summed E-state index contributed by atoms with van der Waals surface area (Å²) < 4.78 is 264. The highest BCUT2D eigenvalue weighted by atomic mass is 32.2. The van der Waals surface area contributed by atoms with Gasteiger partial charge >= 0.3 is 56.8 Å². The van der Waals surface area contributed by atoms with Gasteiger partial charge in [0.25, 0.3) is 0 Å². The topological polar surface area (TPSA) is 486 Å². The van der Waals surface area contributed by atoms with Crippen LogP contribution in [-0.4, -0.2) is 214 Å². The van der Waals surface area contributed by atoms with Gasteiger partial charge in [-0.2, -0.15) is 35.1 Å². The maximum atomic E-state index is 13.4. The molecule has 10 rings (SSSR count). The average molecular weight is 1730 g/mol. The third-order valence-electron chi connectivity index (χ3n) is 17.3. The molecule has 3 saturated carbocycles. The number of esters is 6. The van der Waals surface area contributed by atoms with Gasteiger partial charge in [-0.1, -0.05) is 97.1 Å². The number of aliphatic hydroxyl groups is 4. The number of carbonyl (C=O) groups is 6. The summed E-state index contributed by atoms with van der Waals surface area (Å²) in [5.41, 5.74) is -3.40. The lowest BCUT2D eigenvalue weighted by molar-refractivity contribution is -0.172. The van der Waals surface area contributed by atoms with Crippen molar-refractivity contribution in [2.75, 3.05) is 13.2 Å². The van der Waals surface area contributed by atoms with Gasteiger partial charge in [-0.15, -0.1) is 0 Å². The van der Waals surface area contributed by atoms with Crippen molar-refractivity contribution in [1.82, 2.24) is 0 Å². The largest absolute Gasteiger partial charge is 0.743 e. The van der Waals surface area contributed by atoms with E-state index in [-0.39, 0.29) is 24.7 Å². The first-order chi connectivity index (χ1) is 51.9. The quantitative estimate of drug-likeness (QED) is 0.0186. The minimum atomic E-state index is -6.01. The van der Waals surface area contributed by atoms with Crippen molar-refractivity contribution in [3.8, 4) is 0 Å². The highest BCUT2D eigenvalue weighted by molar-refractivity contribution is 7.87. The first kappa shape index (κ1) is 102. The molecule has 0 amide bonds. The van der Waals surface area contributed by atoms with Crippen molar-refractivity contribution in [2.24, 2.45) is 35.5 Å². The molecule has 5 aromatic rings. The second kappa shape index (κ2) is 39.4. The summed E-state index contributed by atoms with van der Waals surface area (Å²) in [6.45, 7) is 19.1. The summed E-state index contributed by atoms with van der Waals surface area (Å²) in [6.07, 6.45) is -11.3. The van der Waals surface area contributed by atoms with E-state index in [4.69, 9.17) is 29.2 Å². The number of benzene rings is 5. The van der Waals surface area contributed by atoms with Crippen LogP contribution in [0.5, 0.6) is 0 Å². The molecule has 0 aromatic heterocycles. The van der Waals surface area contributed by atoms with Crippen molar-refractivity contribution in [2.45, 2.75) is 222 Å². The molecule has 4 bridgehead atoms. The molecule has 5 aromatic carbocycles. The van der Waals surface area contributed by atoms with Crippen LogP contribution >= 0.6 is 0 Å². The van der Waals surface area contributed by atoms with Gasteiger partial charge in [-0.05, 0) is 160 Å². The Bertz CT molecular complexity index is 4380. The third kappa shape index (κ3) is 29.5. The molecule has 2 aliphatic heterocycles. The molecule has 5 aliphatic rings. The van der Waals surface area contributed by atoms with Gasteiger partial charge in [0.15, 0.2) is 64.9 Å². The van der Waals surface area contributed by atoms with Crippen molar-refractivity contribution >= 4 is 109 Å². The van der Waals surface area contributed by atoms with Gasteiger partial charge in [-0.3, -0.25) is 19.2 Å². The van der Waals surface area contributed by atoms with Crippen molar-refractivity contribution in [3.63, 3.8) is 0 Å². The maximum Gasteiger partial charge on any atom is 0.370 e. The van der Waals surface area contributed by atoms with E-state index >= 15 is 0 Å². The fourth-order valence-corrected chi connectivity index (χ4v) is 14.1. The molecule has 3 aliphatic carbocycles. The zero-order valence-corrected chi connectivity index (χ0v) is 68.3. The van der Waals surface area contributed by atoms with Gasteiger partial charge in [0.2, 0.25) is 0 Å². The number of carbonyl (C=O) groups excluding carboxylic acids is 6. The molecule has 650 valence electrons. The Kier molecular flexibility index (Phi) is 34.9. The number of hydrogen-bond acceptors (Lipinski definition) is 30. The molecular weight excluding hydrogens is 1640 g/mol. The SMILES string of the molecule is CC(=O)OC(C)C(F)(F)S(=O)(=O)[O-].CC(=O)OC(C)C(F)(F)S(=O)(=O)[O-].CC(C)(C)O.CC(C)(C)O.CC(OC(=O)COC1C2CC3C1OC(=O)C3C2C(C)(C)O)C(F)(F)S(=O)(=O)[O-].CC(OC(=O)COC1CC(C(C)(C)O)C2CC1OC2=O)C(F)(F)S(=O)(=O)[O-].c1ccc2cc3ccccc3cc2c1.c1ccc2ccccc2c1. The minimum Gasteiger partial charge on any atom is -0.743 e. The second-order valence-corrected chi connectivity index (χ2v) is 36.0. The molecule has 30 nitrogen and oxygen atoms in total. The standard InChI is InChI=1S/C16H22F2O9S.C15H22F2O9S.C14H10.C10H8.2C5H8F2O5S.2C4H10O/c1-6(16(17,18)28(22,23)24)26-9(19)5-25-12-8-4-7-10(11(8)15(2,3)21)14(20)27-13(7)12;1-7(15(16,17)27(21,22)23)25-12(18)6-24-10-5-9(14(2,3)20)8-4-11(10)26-13(8)19;1-2-6-12-10-14-8-4-3-7-13(14)9-11(12)5-1;1-2-6-10-8-4-3-7-9(10)5-1;2*1-3(12-4(2)8)5(6,7)13(9,10)11;2*1-4(2,3)5/h6-8,10-13,21H,4-5H2,1-3H3,(H,22,23,24);7-11,20H,4-6H2,1-3H3,(H,21,22,23);1-10H;1-8H;2*3H,1-2H3,(H,9,10,11);2*5H,1-3H3/p-4. The molecule has 14 atom stereocenters. The number of alkyl halides is 8. The van der Waals surface area contributed by atoms with E-state index in [9.17, 15) is 126 Å². The van der Waals surface area contributed by atoms with E-state index in [2.05, 4.69) is 128 Å². The van der Waals surface area contributed by atoms with E-state index < -0.39 is 205 Å². The summed E-state index contributed by atoms with van der Waals surface area (Å²) in [5.74, 6) is -8.02. The van der Waals surface area contributed by atoms with Crippen LogP contribution in [0.1, 0.15) is 130 Å². The van der Waals surface area contributed by atoms with Crippen LogP contribution in [0.2, 0.25) is 0 Å². The van der Waals surface area contributed by atoms with Gasteiger partial charge in [0, 0.05) is 38.0 Å². The molecule has 14 unspecified atom stereocenters. The molecule has 2 heterocycles. The number of hydrogen-bond donors (Lipinski definition) is 4. The number of halogens is 8. The van der Waals surface area contributed by atoms with Crippen LogP contribution in [0.15, 0.2) is 109 Å². The van der Waals surface area contributed by atoms with Gasteiger partial charge in [0.05, 0.1) is 46.4 Å². The van der Waals surface area contributed by atoms with Crippen LogP contribution in [0.4, 0.5) is 35.1 Å². The fourth-order valence-electron chi connectivity index (χ4n) is 12.3. The molecule has 0 spiro atoms. The van der Waals surface area contributed by atoms with Crippen LogP contribution < -0.4 is 0 Å². The molecule has 2 saturated heterocycles. The van der Waals surface area contributed by atoms with Crippen molar-refractivity contribution in [1.29, 1.82) is 0 Å². The summed E-state index contributed by atoms with van der Waals surface area (Å²) in [5, 5.41) is 26.8. The number of ether oxygens (including phenoxy) is 8. The van der Waals surface area contributed by atoms with Gasteiger partial charge in [0.1, 0.15) is 25.4 Å². The molecule has 0 radical (unpaired) electrons. The fraction of sp³-hybridized carbons (Fsp3) is 0.589. The van der Waals surface area contributed by atoms with Crippen LogP contribution in [0.25, 0.3) is 32.3 Å². The van der Waals surface area contributed by atoms with Crippen LogP contribution in [0.3, 0.4) is 0 Å². The Balaban J connectivity index is 0.000000361. The number of fused-ring (bicyclic) bond motifs is 6. The minimum absolute atomic E-state index is 0.163. The lowest BCUT2D eigenvalue weighted by Gasteiger charge is -2.38. The highest BCUT2D eigenvalue weighted by Gasteiger charge is 2.70. The highest BCUT2D eigenvalue weighted by Crippen LogP contribution is 2.61. The zero-order chi connectivity index (χ0) is 88.9. The van der Waals surface area contributed by atoms with Crippen LogP contribution in [0, 0.1) is 35.5 Å². The molecular formula is C73H94F8O30S4-4. The normalized spacial score (nSPS) is 22.4. The lowest BCUT2D eigenvalue weighted by Crippen LogP contribution is -2.48. The van der Waals surface area contributed by atoms with E-state index in [1.807, 2.05) is 0 Å². The lowest BCUT2D eigenvalue weighted by atomic mass is 9.71. The Labute approximate surface area is 659 Å². The summed E-state index contributed by atoms with van der Waals surface area (Å²) in [7, 11) is -23.6. The molecule has 115 heavy (non-hydrogen) atoms. The summed E-state index contributed by atoms with van der Waals surface area (Å²) in [6, 6.07) is 38.1. The van der Waals surface area contributed by atoms with Crippen LogP contribution in [-0.2, 0) is 107 Å². The van der Waals surface area contributed by atoms with Crippen molar-refractivity contribution < 1.29 is 174 Å². The summed E-state index contributed by atoms with van der Waals surface area (Å²) in [4.78, 5) is 67.9. The van der Waals surface area contributed by atoms with Gasteiger partial charge < -0.3 is 76.5 Å². The summed E-state index contributed by atoms with van der Waals surface area (Å²) >= 11 is 0. The first-order valence-corrected chi connectivity index (χ1v) is 40.4. The Morgan fingerprint density at radius 3 is 1.03 bits per heavy atom. The van der Waals surface area contributed by atoms with E-state index in [1.165, 1.54) is 46.2 Å². The van der Waals surface area contributed by atoms with E-state index in [0.717, 1.165) is 13.8 Å². The first-order valence-electron chi connectivity index (χ1n) is 34.8. The Morgan fingerprint density at radius 1 is 0.443 bits per heavy atom. The van der Waals surface area contributed by atoms with E-state index in [0.29, 0.717) is 34.1 Å².